The van der Waals surface area contributed by atoms with E-state index in [9.17, 15) is 10.3 Å². The summed E-state index contributed by atoms with van der Waals surface area (Å²) in [6.07, 6.45) is 1.50. The fraction of sp³-hybridized carbons (Fsp3) is 0.125. The second-order valence-electron chi connectivity index (χ2n) is 5.19. The van der Waals surface area contributed by atoms with Gasteiger partial charge in [0.15, 0.2) is 0 Å². The van der Waals surface area contributed by atoms with Crippen LogP contribution >= 0.6 is 0 Å². The summed E-state index contributed by atoms with van der Waals surface area (Å²) in [5.74, 6) is 0.0423. The highest BCUT2D eigenvalue weighted by Gasteiger charge is 2.41. The number of anilines is 2. The van der Waals surface area contributed by atoms with Crippen LogP contribution in [-0.4, -0.2) is 5.11 Å². The molecule has 2 aliphatic rings. The minimum atomic E-state index is -0.221. The summed E-state index contributed by atoms with van der Waals surface area (Å²) in [7, 11) is 0. The minimum Gasteiger partial charge on any atom is -0.581 e. The Morgan fingerprint density at radius 1 is 0.905 bits per heavy atom. The molecule has 2 aromatic rings. The van der Waals surface area contributed by atoms with Crippen molar-refractivity contribution in [1.82, 2.24) is 0 Å². The third kappa shape index (κ3) is 1.72. The molecule has 0 radical (unpaired) electrons. The van der Waals surface area contributed by atoms with Crippen molar-refractivity contribution in [3.05, 3.63) is 76.9 Å². The van der Waals surface area contributed by atoms with E-state index in [2.05, 4.69) is 0 Å². The maximum atomic E-state index is 12.8. The summed E-state index contributed by atoms with van der Waals surface area (Å²) < 4.78 is 0. The van der Waals surface area contributed by atoms with Crippen molar-refractivity contribution in [2.45, 2.75) is 12.8 Å². The second-order valence-corrected chi connectivity index (χ2v) is 5.19. The lowest BCUT2D eigenvalue weighted by Crippen LogP contribution is -3.19. The van der Waals surface area contributed by atoms with Crippen molar-refractivity contribution in [1.29, 1.82) is 0 Å². The van der Waals surface area contributed by atoms with Gasteiger partial charge in [0.25, 0.3) is 5.88 Å². The zero-order valence-corrected chi connectivity index (χ0v) is 11.4. The first-order valence-corrected chi connectivity index (χ1v) is 6.96. The van der Waals surface area contributed by atoms with Gasteiger partial charge in [-0.2, -0.15) is 10.3 Å². The Bertz CT molecular complexity index is 714. The molecular weight excluding hydrogens is 266 g/mol. The summed E-state index contributed by atoms with van der Waals surface area (Å²) in [5.41, 5.74) is 3.37. The number of aryl methyl sites for hydroxylation is 1. The third-order valence-corrected chi connectivity index (χ3v) is 4.00. The molecule has 106 valence electrons. The Hall–Kier alpha value is -2.50. The number of para-hydroxylation sites is 2. The minimum absolute atomic E-state index is 0.0423. The fourth-order valence-corrected chi connectivity index (χ4v) is 3.01. The van der Waals surface area contributed by atoms with Crippen molar-refractivity contribution in [2.24, 2.45) is 0 Å². The highest BCUT2D eigenvalue weighted by atomic mass is 16.6. The average molecular weight is 281 g/mol. The topological polar surface area (TPSA) is 54.2 Å². The van der Waals surface area contributed by atoms with E-state index in [1.165, 1.54) is 5.01 Å². The number of aliphatic hydroxyl groups excluding tert-OH is 1. The molecule has 2 aliphatic heterocycles. The van der Waals surface area contributed by atoms with Gasteiger partial charge in [0, 0.05) is 6.42 Å². The van der Waals surface area contributed by atoms with Crippen LogP contribution in [0.3, 0.4) is 0 Å². The Morgan fingerprint density at radius 3 is 2.43 bits per heavy atom. The molecule has 0 fully saturated rings. The van der Waals surface area contributed by atoms with Gasteiger partial charge in [0.1, 0.15) is 17.1 Å². The predicted molar refractivity (Wildman–Crippen MR) is 80.1 cm³/mol. The van der Waals surface area contributed by atoms with Gasteiger partial charge < -0.3 is 10.3 Å². The van der Waals surface area contributed by atoms with E-state index < -0.39 is 0 Å². The normalized spacial score (nSPS) is 20.5. The molecule has 1 unspecified atom stereocenters. The summed E-state index contributed by atoms with van der Waals surface area (Å²) in [4.78, 5) is 0. The van der Waals surface area contributed by atoms with Gasteiger partial charge in [0.2, 0.25) is 0 Å². The van der Waals surface area contributed by atoms with Crippen LogP contribution < -0.4 is 15.3 Å². The number of hydrogen-bond donors (Lipinski definition) is 2. The Morgan fingerprint density at radius 2 is 1.62 bits per heavy atom. The zero-order valence-electron chi connectivity index (χ0n) is 11.4. The quantitative estimate of drug-likeness (QED) is 0.784. The molecule has 21 heavy (non-hydrogen) atoms. The molecule has 5 heteroatoms. The molecule has 2 N–H and O–H groups in total. The second kappa shape index (κ2) is 4.51. The van der Waals surface area contributed by atoms with E-state index in [0.717, 1.165) is 17.7 Å². The number of hydrogen-bond acceptors (Lipinski definition) is 4. The molecule has 0 aromatic heterocycles. The molecule has 2 aromatic carbocycles. The standard InChI is InChI=1S/C16H15N3O2/c20-16-15-11-10-12-6-4-5-9-14(12)18(15)19(21)17(16)13-7-2-1-3-8-13/h1-9,19-20H,10-11H2. The number of fused-ring (bicyclic) bond motifs is 3. The van der Waals surface area contributed by atoms with Gasteiger partial charge in [0.05, 0.1) is 0 Å². The van der Waals surface area contributed by atoms with E-state index in [-0.39, 0.29) is 11.2 Å². The molecule has 1 atom stereocenters. The highest BCUT2D eigenvalue weighted by Crippen LogP contribution is 2.34. The number of aliphatic hydroxyl groups is 1. The van der Waals surface area contributed by atoms with Crippen LogP contribution in [0.5, 0.6) is 0 Å². The van der Waals surface area contributed by atoms with Gasteiger partial charge in [-0.15, -0.1) is 5.01 Å². The molecule has 0 saturated heterocycles. The first-order valence-electron chi connectivity index (χ1n) is 6.96. The van der Waals surface area contributed by atoms with E-state index in [4.69, 9.17) is 0 Å². The zero-order chi connectivity index (χ0) is 14.4. The highest BCUT2D eigenvalue weighted by molar-refractivity contribution is 5.62. The lowest BCUT2D eigenvalue weighted by atomic mass is 10.0. The maximum absolute atomic E-state index is 12.8. The molecule has 2 heterocycles. The number of nitrogens with zero attached hydrogens (tertiary/aromatic N) is 2. The van der Waals surface area contributed by atoms with Crippen molar-refractivity contribution in [3.63, 3.8) is 0 Å². The maximum Gasteiger partial charge on any atom is 0.267 e. The Balaban J connectivity index is 1.83. The van der Waals surface area contributed by atoms with Crippen molar-refractivity contribution < 1.29 is 10.4 Å². The smallest absolute Gasteiger partial charge is 0.267 e. The van der Waals surface area contributed by atoms with Crippen LogP contribution in [0, 0.1) is 5.21 Å². The van der Waals surface area contributed by atoms with E-state index >= 15 is 0 Å². The number of rotatable bonds is 1. The molecule has 0 amide bonds. The lowest BCUT2D eigenvalue weighted by Gasteiger charge is -2.36. The third-order valence-electron chi connectivity index (χ3n) is 4.00. The van der Waals surface area contributed by atoms with Gasteiger partial charge in [-0.1, -0.05) is 36.4 Å². The summed E-state index contributed by atoms with van der Waals surface area (Å²) in [6, 6.07) is 17.1. The Labute approximate surface area is 122 Å². The molecule has 0 spiro atoms. The van der Waals surface area contributed by atoms with E-state index in [1.54, 1.807) is 5.01 Å². The van der Waals surface area contributed by atoms with Gasteiger partial charge in [-0.25, -0.2) is 0 Å². The van der Waals surface area contributed by atoms with Crippen LogP contribution in [0.2, 0.25) is 0 Å². The molecule has 0 aliphatic carbocycles. The first kappa shape index (κ1) is 12.3. The fourth-order valence-electron chi connectivity index (χ4n) is 3.01. The lowest BCUT2D eigenvalue weighted by molar-refractivity contribution is -0.854. The van der Waals surface area contributed by atoms with Crippen LogP contribution in [-0.2, 0) is 6.42 Å². The van der Waals surface area contributed by atoms with Crippen molar-refractivity contribution in [2.75, 3.05) is 10.0 Å². The average Bonchev–Trinajstić information content (AvgIpc) is 2.80. The van der Waals surface area contributed by atoms with Crippen LogP contribution in [0.4, 0.5) is 11.4 Å². The predicted octanol–water partition coefficient (Wildman–Crippen LogP) is 1.90. The van der Waals surface area contributed by atoms with Crippen LogP contribution in [0.1, 0.15) is 12.0 Å². The summed E-state index contributed by atoms with van der Waals surface area (Å²) in [6.45, 7) is 0. The Kier molecular flexibility index (Phi) is 2.63. The number of allylic oxidation sites excluding steroid dienone is 1. The van der Waals surface area contributed by atoms with Gasteiger partial charge in [-0.3, -0.25) is 0 Å². The van der Waals surface area contributed by atoms with Gasteiger partial charge >= 0.3 is 0 Å². The molecule has 4 rings (SSSR count). The molecular formula is C16H15N3O2. The van der Waals surface area contributed by atoms with Crippen molar-refractivity contribution in [3.8, 4) is 0 Å². The number of benzene rings is 2. The van der Waals surface area contributed by atoms with Crippen LogP contribution in [0.25, 0.3) is 0 Å². The molecule has 0 saturated carbocycles. The summed E-state index contributed by atoms with van der Waals surface area (Å²) >= 11 is 0. The molecule has 0 bridgehead atoms. The molecule has 5 nitrogen and oxygen atoms in total. The van der Waals surface area contributed by atoms with E-state index in [0.29, 0.717) is 17.8 Å². The monoisotopic (exact) mass is 281 g/mol. The largest absolute Gasteiger partial charge is 0.581 e. The SMILES string of the molecule is [O-][NH+]1N(c2ccccc2)C(O)=C2CCc3ccccc3N21. The first-order chi connectivity index (χ1) is 10.3. The number of nitrogens with one attached hydrogen (secondary N) is 1. The van der Waals surface area contributed by atoms with E-state index in [1.807, 2.05) is 54.6 Å². The summed E-state index contributed by atoms with van der Waals surface area (Å²) in [5, 5.41) is 26.0. The number of quaternary nitrogens is 1. The van der Waals surface area contributed by atoms with Crippen LogP contribution in [0.15, 0.2) is 66.2 Å². The van der Waals surface area contributed by atoms with Gasteiger partial charge in [-0.05, 0) is 30.2 Å². The van der Waals surface area contributed by atoms with Crippen molar-refractivity contribution >= 4 is 11.4 Å².